The van der Waals surface area contributed by atoms with E-state index in [4.69, 9.17) is 4.74 Å². The lowest BCUT2D eigenvalue weighted by Gasteiger charge is -2.25. The van der Waals surface area contributed by atoms with Gasteiger partial charge in [0.05, 0.1) is 12.7 Å². The first-order valence-electron chi connectivity index (χ1n) is 6.87. The van der Waals surface area contributed by atoms with Crippen molar-refractivity contribution in [3.63, 3.8) is 0 Å². The van der Waals surface area contributed by atoms with Gasteiger partial charge in [0, 0.05) is 4.47 Å². The van der Waals surface area contributed by atoms with Crippen LogP contribution in [0, 0.1) is 5.82 Å². The topological polar surface area (TPSA) is 9.23 Å². The van der Waals surface area contributed by atoms with Gasteiger partial charge in [-0.05, 0) is 48.1 Å². The molecule has 0 N–H and O–H groups in total. The van der Waals surface area contributed by atoms with Crippen LogP contribution in [-0.4, -0.2) is 0 Å². The molecule has 1 aliphatic carbocycles. The standard InChI is InChI=1S/C17H16BrFO/c18-16-10-14(19)9-8-13(16)11-20-17-7-3-5-12-4-1-2-6-15(12)17/h1-2,4,6,8-10,17H,3,5,7,11H2. The highest BCUT2D eigenvalue weighted by Crippen LogP contribution is 2.33. The van der Waals surface area contributed by atoms with E-state index in [2.05, 4.69) is 40.2 Å². The Labute approximate surface area is 126 Å². The number of ether oxygens (including phenoxy) is 1. The normalized spacial score (nSPS) is 17.8. The second-order valence-electron chi connectivity index (χ2n) is 5.13. The molecule has 0 fully saturated rings. The van der Waals surface area contributed by atoms with Crippen LogP contribution in [0.5, 0.6) is 0 Å². The van der Waals surface area contributed by atoms with Gasteiger partial charge in [0.25, 0.3) is 0 Å². The number of hydrogen-bond acceptors (Lipinski definition) is 1. The summed E-state index contributed by atoms with van der Waals surface area (Å²) in [5, 5.41) is 0. The van der Waals surface area contributed by atoms with Gasteiger partial charge in [-0.25, -0.2) is 4.39 Å². The van der Waals surface area contributed by atoms with Crippen LogP contribution in [0.15, 0.2) is 46.9 Å². The molecule has 0 saturated heterocycles. The lowest BCUT2D eigenvalue weighted by Crippen LogP contribution is -2.12. The van der Waals surface area contributed by atoms with Crippen molar-refractivity contribution >= 4 is 15.9 Å². The lowest BCUT2D eigenvalue weighted by atomic mass is 9.89. The fourth-order valence-electron chi connectivity index (χ4n) is 2.71. The van der Waals surface area contributed by atoms with Crippen molar-refractivity contribution in [1.82, 2.24) is 0 Å². The highest BCUT2D eigenvalue weighted by molar-refractivity contribution is 9.10. The Morgan fingerprint density at radius 1 is 1.20 bits per heavy atom. The Morgan fingerprint density at radius 2 is 2.05 bits per heavy atom. The molecule has 0 saturated carbocycles. The summed E-state index contributed by atoms with van der Waals surface area (Å²) in [6, 6.07) is 13.2. The van der Waals surface area contributed by atoms with Crippen LogP contribution in [0.4, 0.5) is 4.39 Å². The first-order chi connectivity index (χ1) is 9.74. The van der Waals surface area contributed by atoms with Gasteiger partial charge in [-0.2, -0.15) is 0 Å². The van der Waals surface area contributed by atoms with Gasteiger partial charge >= 0.3 is 0 Å². The minimum Gasteiger partial charge on any atom is -0.369 e. The van der Waals surface area contributed by atoms with Crippen molar-refractivity contribution in [2.24, 2.45) is 0 Å². The van der Waals surface area contributed by atoms with Gasteiger partial charge in [0.15, 0.2) is 0 Å². The maximum absolute atomic E-state index is 13.1. The summed E-state index contributed by atoms with van der Waals surface area (Å²) in [5.74, 6) is -0.233. The molecule has 2 aromatic rings. The van der Waals surface area contributed by atoms with Crippen molar-refractivity contribution in [2.75, 3.05) is 0 Å². The van der Waals surface area contributed by atoms with Gasteiger partial charge in [-0.3, -0.25) is 0 Å². The monoisotopic (exact) mass is 334 g/mol. The minimum absolute atomic E-state index is 0.150. The van der Waals surface area contributed by atoms with Crippen LogP contribution in [0.3, 0.4) is 0 Å². The summed E-state index contributed by atoms with van der Waals surface area (Å²) < 4.78 is 19.9. The Morgan fingerprint density at radius 3 is 2.90 bits per heavy atom. The van der Waals surface area contributed by atoms with Crippen molar-refractivity contribution in [3.05, 3.63) is 69.4 Å². The van der Waals surface area contributed by atoms with Crippen LogP contribution < -0.4 is 0 Å². The maximum atomic E-state index is 13.1. The molecular formula is C17H16BrFO. The Balaban J connectivity index is 1.73. The molecule has 1 aliphatic rings. The number of aryl methyl sites for hydroxylation is 1. The van der Waals surface area contributed by atoms with Crippen LogP contribution in [-0.2, 0) is 17.8 Å². The summed E-state index contributed by atoms with van der Waals surface area (Å²) in [4.78, 5) is 0. The van der Waals surface area contributed by atoms with E-state index >= 15 is 0 Å². The van der Waals surface area contributed by atoms with E-state index in [9.17, 15) is 4.39 Å². The fourth-order valence-corrected chi connectivity index (χ4v) is 3.18. The Kier molecular flexibility index (Phi) is 4.18. The smallest absolute Gasteiger partial charge is 0.124 e. The third kappa shape index (κ3) is 2.94. The van der Waals surface area contributed by atoms with Gasteiger partial charge in [0.2, 0.25) is 0 Å². The Hall–Kier alpha value is -1.19. The molecule has 0 amide bonds. The van der Waals surface area contributed by atoms with Crippen molar-refractivity contribution in [3.8, 4) is 0 Å². The number of hydrogen-bond donors (Lipinski definition) is 0. The zero-order valence-electron chi connectivity index (χ0n) is 11.1. The van der Waals surface area contributed by atoms with Crippen LogP contribution in [0.2, 0.25) is 0 Å². The van der Waals surface area contributed by atoms with E-state index in [1.165, 1.54) is 23.3 Å². The zero-order chi connectivity index (χ0) is 13.9. The summed E-state index contributed by atoms with van der Waals surface area (Å²) in [6.07, 6.45) is 3.50. The number of benzene rings is 2. The summed E-state index contributed by atoms with van der Waals surface area (Å²) >= 11 is 3.38. The molecule has 2 aromatic carbocycles. The minimum atomic E-state index is -0.233. The van der Waals surface area contributed by atoms with E-state index in [-0.39, 0.29) is 11.9 Å². The summed E-state index contributed by atoms with van der Waals surface area (Å²) in [7, 11) is 0. The third-order valence-corrected chi connectivity index (χ3v) is 4.51. The number of rotatable bonds is 3. The molecule has 3 rings (SSSR count). The first-order valence-corrected chi connectivity index (χ1v) is 7.66. The molecule has 20 heavy (non-hydrogen) atoms. The molecule has 0 bridgehead atoms. The molecule has 104 valence electrons. The fraction of sp³-hybridized carbons (Fsp3) is 0.294. The third-order valence-electron chi connectivity index (χ3n) is 3.77. The molecule has 0 heterocycles. The molecule has 0 aromatic heterocycles. The van der Waals surface area contributed by atoms with Crippen molar-refractivity contribution in [2.45, 2.75) is 32.0 Å². The maximum Gasteiger partial charge on any atom is 0.124 e. The first kappa shape index (κ1) is 13.8. The molecule has 0 aliphatic heterocycles. The van der Waals surface area contributed by atoms with E-state index in [0.29, 0.717) is 6.61 Å². The predicted octanol–water partition coefficient (Wildman–Crippen LogP) is 5.18. The average molecular weight is 335 g/mol. The highest BCUT2D eigenvalue weighted by atomic mass is 79.9. The molecular weight excluding hydrogens is 319 g/mol. The number of halogens is 2. The van der Waals surface area contributed by atoms with Gasteiger partial charge in [-0.1, -0.05) is 46.3 Å². The second kappa shape index (κ2) is 6.06. The molecule has 0 radical (unpaired) electrons. The molecule has 1 nitrogen and oxygen atoms in total. The van der Waals surface area contributed by atoms with Crippen LogP contribution in [0.25, 0.3) is 0 Å². The Bertz CT molecular complexity index is 612. The van der Waals surface area contributed by atoms with Gasteiger partial charge in [0.1, 0.15) is 5.82 Å². The van der Waals surface area contributed by atoms with Gasteiger partial charge < -0.3 is 4.74 Å². The predicted molar refractivity (Wildman–Crippen MR) is 81.0 cm³/mol. The van der Waals surface area contributed by atoms with Crippen molar-refractivity contribution < 1.29 is 9.13 Å². The van der Waals surface area contributed by atoms with E-state index in [1.54, 1.807) is 6.07 Å². The van der Waals surface area contributed by atoms with E-state index in [1.807, 2.05) is 0 Å². The summed E-state index contributed by atoms with van der Waals surface area (Å²) in [5.41, 5.74) is 3.67. The van der Waals surface area contributed by atoms with Crippen LogP contribution in [0.1, 0.15) is 35.6 Å². The molecule has 1 atom stereocenters. The zero-order valence-corrected chi connectivity index (χ0v) is 12.7. The molecule has 1 unspecified atom stereocenters. The largest absolute Gasteiger partial charge is 0.369 e. The van der Waals surface area contributed by atoms with Gasteiger partial charge in [-0.15, -0.1) is 0 Å². The quantitative estimate of drug-likeness (QED) is 0.751. The van der Waals surface area contributed by atoms with E-state index < -0.39 is 0 Å². The van der Waals surface area contributed by atoms with Crippen molar-refractivity contribution in [1.29, 1.82) is 0 Å². The van der Waals surface area contributed by atoms with Crippen LogP contribution >= 0.6 is 15.9 Å². The lowest BCUT2D eigenvalue weighted by molar-refractivity contribution is 0.0279. The average Bonchev–Trinajstić information content (AvgIpc) is 2.46. The second-order valence-corrected chi connectivity index (χ2v) is 5.98. The molecule has 3 heteroatoms. The summed E-state index contributed by atoms with van der Waals surface area (Å²) in [6.45, 7) is 0.500. The molecule has 0 spiro atoms. The van der Waals surface area contributed by atoms with E-state index in [0.717, 1.165) is 29.3 Å². The SMILES string of the molecule is Fc1ccc(COC2CCCc3ccccc32)c(Br)c1. The highest BCUT2D eigenvalue weighted by Gasteiger charge is 2.20. The number of fused-ring (bicyclic) bond motifs is 1.